The summed E-state index contributed by atoms with van der Waals surface area (Å²) in [6.45, 7) is 3.48. The van der Waals surface area contributed by atoms with Crippen molar-refractivity contribution in [3.8, 4) is 11.5 Å². The first-order chi connectivity index (χ1) is 9.47. The zero-order chi connectivity index (χ0) is 15.1. The summed E-state index contributed by atoms with van der Waals surface area (Å²) in [6.07, 6.45) is -0.635. The average molecular weight is 282 g/mol. The molecule has 2 N–H and O–H groups in total. The number of hydrogen-bond acceptors (Lipinski definition) is 5. The molecule has 0 aliphatic carbocycles. The predicted octanol–water partition coefficient (Wildman–Crippen LogP) is 1.28. The van der Waals surface area contributed by atoms with E-state index in [1.807, 2.05) is 26.2 Å². The van der Waals surface area contributed by atoms with Crippen molar-refractivity contribution in [1.82, 2.24) is 10.2 Å². The first-order valence-electron chi connectivity index (χ1n) is 6.76. The molecule has 0 radical (unpaired) electrons. The molecule has 0 fully saturated rings. The monoisotopic (exact) mass is 282 g/mol. The lowest BCUT2D eigenvalue weighted by Gasteiger charge is -2.21. The molecule has 1 aromatic carbocycles. The lowest BCUT2D eigenvalue weighted by atomic mass is 10.1. The first-order valence-corrected chi connectivity index (χ1v) is 6.76. The Morgan fingerprint density at radius 2 is 1.95 bits per heavy atom. The molecule has 2 atom stereocenters. The van der Waals surface area contributed by atoms with Gasteiger partial charge in [-0.25, -0.2) is 0 Å². The van der Waals surface area contributed by atoms with Crippen LogP contribution in [0.4, 0.5) is 0 Å². The molecule has 0 saturated heterocycles. The van der Waals surface area contributed by atoms with Gasteiger partial charge in [-0.2, -0.15) is 0 Å². The summed E-state index contributed by atoms with van der Waals surface area (Å²) >= 11 is 0. The van der Waals surface area contributed by atoms with Crippen molar-refractivity contribution < 1.29 is 14.6 Å². The highest BCUT2D eigenvalue weighted by Crippen LogP contribution is 2.29. The van der Waals surface area contributed by atoms with Gasteiger partial charge in [0.25, 0.3) is 0 Å². The minimum atomic E-state index is -0.635. The lowest BCUT2D eigenvalue weighted by Crippen LogP contribution is -2.38. The van der Waals surface area contributed by atoms with Gasteiger partial charge in [0.2, 0.25) is 0 Å². The Bertz CT molecular complexity index is 410. The van der Waals surface area contributed by atoms with E-state index in [4.69, 9.17) is 9.47 Å². The molecule has 1 rings (SSSR count). The van der Waals surface area contributed by atoms with Gasteiger partial charge in [0.05, 0.1) is 20.3 Å². The predicted molar refractivity (Wildman–Crippen MR) is 80.5 cm³/mol. The Morgan fingerprint density at radius 1 is 1.25 bits per heavy atom. The fraction of sp³-hybridized carbons (Fsp3) is 0.600. The van der Waals surface area contributed by atoms with E-state index >= 15 is 0 Å². The molecule has 5 heteroatoms. The minimum absolute atomic E-state index is 0.302. The van der Waals surface area contributed by atoms with Crippen molar-refractivity contribution in [2.45, 2.75) is 19.1 Å². The number of benzene rings is 1. The molecule has 5 nitrogen and oxygen atoms in total. The van der Waals surface area contributed by atoms with E-state index in [-0.39, 0.29) is 0 Å². The quantitative estimate of drug-likeness (QED) is 0.752. The number of aliphatic hydroxyl groups is 1. The highest BCUT2D eigenvalue weighted by atomic mass is 16.5. The van der Waals surface area contributed by atoms with Crippen molar-refractivity contribution >= 4 is 0 Å². The van der Waals surface area contributed by atoms with E-state index in [1.165, 1.54) is 0 Å². The van der Waals surface area contributed by atoms with E-state index in [0.717, 1.165) is 12.1 Å². The van der Waals surface area contributed by atoms with Gasteiger partial charge in [-0.1, -0.05) is 0 Å². The van der Waals surface area contributed by atoms with Crippen LogP contribution in [0.25, 0.3) is 0 Å². The molecule has 2 unspecified atom stereocenters. The molecule has 0 saturated carbocycles. The van der Waals surface area contributed by atoms with Crippen molar-refractivity contribution in [3.63, 3.8) is 0 Å². The summed E-state index contributed by atoms with van der Waals surface area (Å²) < 4.78 is 10.5. The van der Waals surface area contributed by atoms with Crippen LogP contribution in [0.5, 0.6) is 11.5 Å². The summed E-state index contributed by atoms with van der Waals surface area (Å²) in [5, 5.41) is 13.6. The second kappa shape index (κ2) is 8.09. The van der Waals surface area contributed by atoms with Gasteiger partial charge in [0.1, 0.15) is 11.5 Å². The molecular weight excluding hydrogens is 256 g/mol. The van der Waals surface area contributed by atoms with Crippen LogP contribution in [-0.4, -0.2) is 57.5 Å². The van der Waals surface area contributed by atoms with Gasteiger partial charge in [-0.3, -0.25) is 0 Å². The van der Waals surface area contributed by atoms with Crippen molar-refractivity contribution in [2.24, 2.45) is 0 Å². The summed E-state index contributed by atoms with van der Waals surface area (Å²) in [6, 6.07) is 5.73. The fourth-order valence-corrected chi connectivity index (χ4v) is 2.13. The van der Waals surface area contributed by atoms with Crippen LogP contribution in [0.2, 0.25) is 0 Å². The van der Waals surface area contributed by atoms with E-state index in [9.17, 15) is 5.11 Å². The Labute approximate surface area is 121 Å². The second-order valence-corrected chi connectivity index (χ2v) is 5.20. The molecule has 0 spiro atoms. The first kappa shape index (κ1) is 16.8. The van der Waals surface area contributed by atoms with Gasteiger partial charge >= 0.3 is 0 Å². The van der Waals surface area contributed by atoms with Gasteiger partial charge < -0.3 is 24.8 Å². The molecule has 0 bridgehead atoms. The van der Waals surface area contributed by atoms with Gasteiger partial charge in [0, 0.05) is 24.7 Å². The molecule has 0 amide bonds. The molecule has 0 aliphatic heterocycles. The number of hydrogen-bond donors (Lipinski definition) is 2. The number of aliphatic hydroxyl groups excluding tert-OH is 1. The smallest absolute Gasteiger partial charge is 0.124 e. The number of nitrogens with one attached hydrogen (secondary N) is 1. The van der Waals surface area contributed by atoms with Crippen LogP contribution in [0, 0.1) is 0 Å². The Hall–Kier alpha value is -1.30. The second-order valence-electron chi connectivity index (χ2n) is 5.20. The highest BCUT2D eigenvalue weighted by molar-refractivity contribution is 5.41. The van der Waals surface area contributed by atoms with Crippen LogP contribution in [-0.2, 0) is 0 Å². The average Bonchev–Trinajstić information content (AvgIpc) is 2.43. The summed E-state index contributed by atoms with van der Waals surface area (Å²) in [4.78, 5) is 2.11. The summed E-state index contributed by atoms with van der Waals surface area (Å²) in [5.74, 6) is 1.38. The van der Waals surface area contributed by atoms with E-state index in [1.54, 1.807) is 20.3 Å². The van der Waals surface area contributed by atoms with Crippen LogP contribution in [0.3, 0.4) is 0 Å². The van der Waals surface area contributed by atoms with Gasteiger partial charge in [-0.05, 0) is 39.2 Å². The fourth-order valence-electron chi connectivity index (χ4n) is 2.13. The third-order valence-corrected chi connectivity index (χ3v) is 3.09. The van der Waals surface area contributed by atoms with Gasteiger partial charge in [-0.15, -0.1) is 0 Å². The molecule has 20 heavy (non-hydrogen) atoms. The maximum Gasteiger partial charge on any atom is 0.124 e. The number of methoxy groups -OCH3 is 2. The van der Waals surface area contributed by atoms with Crippen molar-refractivity contribution in [1.29, 1.82) is 0 Å². The zero-order valence-electron chi connectivity index (χ0n) is 13.0. The SMILES string of the molecule is COc1ccc(OC)c(C(O)CNC(C)CN(C)C)c1. The number of rotatable bonds is 8. The summed E-state index contributed by atoms with van der Waals surface area (Å²) in [5.41, 5.74) is 0.733. The Kier molecular flexibility index (Phi) is 6.78. The standard InChI is InChI=1S/C15H26N2O3/c1-11(10-17(2)3)16-9-14(18)13-8-12(19-4)6-7-15(13)20-5/h6-8,11,14,16,18H,9-10H2,1-5H3. The molecule has 1 aromatic rings. The molecule has 114 valence electrons. The largest absolute Gasteiger partial charge is 0.497 e. The normalized spacial score (nSPS) is 14.2. The van der Waals surface area contributed by atoms with Crippen LogP contribution >= 0.6 is 0 Å². The van der Waals surface area contributed by atoms with Crippen LogP contribution in [0.15, 0.2) is 18.2 Å². The third-order valence-electron chi connectivity index (χ3n) is 3.09. The topological polar surface area (TPSA) is 54.0 Å². The number of likely N-dealkylation sites (N-methyl/N-ethyl adjacent to an activating group) is 1. The highest BCUT2D eigenvalue weighted by Gasteiger charge is 2.15. The molecule has 0 aliphatic rings. The Morgan fingerprint density at radius 3 is 2.50 bits per heavy atom. The van der Waals surface area contributed by atoms with Crippen molar-refractivity contribution in [3.05, 3.63) is 23.8 Å². The molecule has 0 aromatic heterocycles. The molecular formula is C15H26N2O3. The van der Waals surface area contributed by atoms with E-state index in [0.29, 0.717) is 24.1 Å². The summed E-state index contributed by atoms with van der Waals surface area (Å²) in [7, 11) is 7.26. The van der Waals surface area contributed by atoms with Gasteiger partial charge in [0.15, 0.2) is 0 Å². The Balaban J connectivity index is 2.68. The van der Waals surface area contributed by atoms with E-state index in [2.05, 4.69) is 17.1 Å². The van der Waals surface area contributed by atoms with E-state index < -0.39 is 6.10 Å². The van der Waals surface area contributed by atoms with Crippen molar-refractivity contribution in [2.75, 3.05) is 41.4 Å². The molecule has 0 heterocycles. The maximum absolute atomic E-state index is 10.3. The maximum atomic E-state index is 10.3. The minimum Gasteiger partial charge on any atom is -0.497 e. The third kappa shape index (κ3) is 5.00. The zero-order valence-corrected chi connectivity index (χ0v) is 13.0. The lowest BCUT2D eigenvalue weighted by molar-refractivity contribution is 0.163. The number of nitrogens with zero attached hydrogens (tertiary/aromatic N) is 1. The van der Waals surface area contributed by atoms with Crippen LogP contribution < -0.4 is 14.8 Å². The van der Waals surface area contributed by atoms with Crippen LogP contribution in [0.1, 0.15) is 18.6 Å². The number of ether oxygens (including phenoxy) is 2.